The molecular weight excluding hydrogens is 460 g/mol. The van der Waals surface area contributed by atoms with Gasteiger partial charge in [-0.1, -0.05) is 29.8 Å². The lowest BCUT2D eigenvalue weighted by Crippen LogP contribution is -2.14. The predicted octanol–water partition coefficient (Wildman–Crippen LogP) is 5.83. The number of nitro benzene ring substituents is 1. The molecule has 0 radical (unpaired) electrons. The maximum Gasteiger partial charge on any atom is 0.276 e. The molecule has 3 aromatic carbocycles. The van der Waals surface area contributed by atoms with Crippen LogP contribution >= 0.6 is 11.6 Å². The van der Waals surface area contributed by atoms with E-state index in [2.05, 4.69) is 10.4 Å². The molecule has 10 heteroatoms. The Morgan fingerprint density at radius 3 is 2.59 bits per heavy atom. The van der Waals surface area contributed by atoms with E-state index in [1.54, 1.807) is 30.5 Å². The van der Waals surface area contributed by atoms with Crippen molar-refractivity contribution in [1.29, 1.82) is 0 Å². The standard InChI is InChI=1S/C24H19ClN4O5/c1-16-4-2-3-5-23(16)33-15-28-11-10-22(27-28)24(30)26-18-12-19(29(31)32)14-21(13-18)34-20-8-6-17(25)7-9-20/h2-14H,15H2,1H3,(H,26,30). The maximum atomic E-state index is 12.7. The van der Waals surface area contributed by atoms with Crippen molar-refractivity contribution in [2.45, 2.75) is 13.7 Å². The molecule has 0 spiro atoms. The Morgan fingerprint density at radius 2 is 1.85 bits per heavy atom. The number of benzene rings is 3. The summed E-state index contributed by atoms with van der Waals surface area (Å²) in [6.45, 7) is 2.05. The Hall–Kier alpha value is -4.37. The molecule has 1 aromatic heterocycles. The minimum atomic E-state index is -0.567. The Kier molecular flexibility index (Phi) is 6.74. The molecule has 34 heavy (non-hydrogen) atoms. The number of halogens is 1. The van der Waals surface area contributed by atoms with E-state index >= 15 is 0 Å². The minimum absolute atomic E-state index is 0.119. The van der Waals surface area contributed by atoms with Crippen molar-refractivity contribution in [1.82, 2.24) is 9.78 Å². The third-order valence-corrected chi connectivity index (χ3v) is 4.98. The van der Waals surface area contributed by atoms with Crippen LogP contribution in [0.5, 0.6) is 17.2 Å². The molecule has 0 saturated carbocycles. The molecule has 0 saturated heterocycles. The average Bonchev–Trinajstić information content (AvgIpc) is 3.29. The van der Waals surface area contributed by atoms with E-state index in [1.165, 1.54) is 28.9 Å². The second-order valence-electron chi connectivity index (χ2n) is 7.26. The Morgan fingerprint density at radius 1 is 1.09 bits per heavy atom. The fraction of sp³-hybridized carbons (Fsp3) is 0.0833. The number of carbonyl (C=O) groups is 1. The number of aromatic nitrogens is 2. The number of amides is 1. The summed E-state index contributed by atoms with van der Waals surface area (Å²) in [5.74, 6) is 0.806. The van der Waals surface area contributed by atoms with Gasteiger partial charge < -0.3 is 14.8 Å². The van der Waals surface area contributed by atoms with E-state index in [0.29, 0.717) is 16.5 Å². The number of aryl methyl sites for hydroxylation is 1. The van der Waals surface area contributed by atoms with Gasteiger partial charge in [0.2, 0.25) is 0 Å². The summed E-state index contributed by atoms with van der Waals surface area (Å²) in [7, 11) is 0. The molecule has 0 bridgehead atoms. The quantitative estimate of drug-likeness (QED) is 0.252. The van der Waals surface area contributed by atoms with Crippen molar-refractivity contribution in [2.24, 2.45) is 0 Å². The Labute approximate surface area is 199 Å². The number of ether oxygens (including phenoxy) is 2. The highest BCUT2D eigenvalue weighted by Crippen LogP contribution is 2.30. The van der Waals surface area contributed by atoms with Gasteiger partial charge in [0, 0.05) is 23.4 Å². The third kappa shape index (κ3) is 5.70. The molecule has 1 amide bonds. The number of para-hydroxylation sites is 1. The second kappa shape index (κ2) is 10.1. The molecule has 1 N–H and O–H groups in total. The number of non-ortho nitro benzene ring substituents is 1. The summed E-state index contributed by atoms with van der Waals surface area (Å²) in [4.78, 5) is 23.5. The third-order valence-electron chi connectivity index (χ3n) is 4.73. The zero-order valence-electron chi connectivity index (χ0n) is 18.0. The summed E-state index contributed by atoms with van der Waals surface area (Å²) in [5.41, 5.74) is 1.06. The van der Waals surface area contributed by atoms with Gasteiger partial charge in [0.1, 0.15) is 17.2 Å². The molecule has 0 aliphatic carbocycles. The second-order valence-corrected chi connectivity index (χ2v) is 7.70. The zero-order chi connectivity index (χ0) is 24.1. The topological polar surface area (TPSA) is 109 Å². The number of nitrogens with one attached hydrogen (secondary N) is 1. The number of carbonyl (C=O) groups excluding carboxylic acids is 1. The molecule has 4 aromatic rings. The van der Waals surface area contributed by atoms with E-state index in [-0.39, 0.29) is 29.5 Å². The Balaban J connectivity index is 1.46. The van der Waals surface area contributed by atoms with Gasteiger partial charge in [-0.05, 0) is 48.9 Å². The molecule has 172 valence electrons. The largest absolute Gasteiger partial charge is 0.471 e. The van der Waals surface area contributed by atoms with Crippen LogP contribution in [0.1, 0.15) is 16.1 Å². The highest BCUT2D eigenvalue weighted by molar-refractivity contribution is 6.30. The number of nitrogens with zero attached hydrogens (tertiary/aromatic N) is 3. The molecule has 0 aliphatic heterocycles. The zero-order valence-corrected chi connectivity index (χ0v) is 18.7. The Bertz CT molecular complexity index is 1340. The fourth-order valence-electron chi connectivity index (χ4n) is 3.06. The smallest absolute Gasteiger partial charge is 0.276 e. The lowest BCUT2D eigenvalue weighted by Gasteiger charge is -2.09. The number of rotatable bonds is 8. The van der Waals surface area contributed by atoms with Crippen molar-refractivity contribution in [2.75, 3.05) is 5.32 Å². The van der Waals surface area contributed by atoms with Gasteiger partial charge in [0.15, 0.2) is 12.4 Å². The molecule has 0 atom stereocenters. The van der Waals surface area contributed by atoms with E-state index in [1.807, 2.05) is 31.2 Å². The first-order valence-electron chi connectivity index (χ1n) is 10.1. The lowest BCUT2D eigenvalue weighted by molar-refractivity contribution is -0.384. The summed E-state index contributed by atoms with van der Waals surface area (Å²) >= 11 is 5.87. The van der Waals surface area contributed by atoms with Crippen molar-refractivity contribution >= 4 is 28.9 Å². The number of hydrogen-bond donors (Lipinski definition) is 1. The molecule has 1 heterocycles. The van der Waals surface area contributed by atoms with E-state index < -0.39 is 10.8 Å². The lowest BCUT2D eigenvalue weighted by atomic mass is 10.2. The van der Waals surface area contributed by atoms with Crippen molar-refractivity contribution in [3.63, 3.8) is 0 Å². The van der Waals surface area contributed by atoms with Crippen LogP contribution in [0.25, 0.3) is 0 Å². The molecule has 0 fully saturated rings. The molecule has 0 unspecified atom stereocenters. The fourth-order valence-corrected chi connectivity index (χ4v) is 3.19. The number of anilines is 1. The summed E-state index contributed by atoms with van der Waals surface area (Å²) in [5, 5.41) is 18.7. The predicted molar refractivity (Wildman–Crippen MR) is 127 cm³/mol. The molecule has 4 rings (SSSR count). The van der Waals surface area contributed by atoms with Crippen LogP contribution in [0, 0.1) is 17.0 Å². The molecule has 0 aliphatic rings. The van der Waals surface area contributed by atoms with Crippen LogP contribution in [-0.2, 0) is 6.73 Å². The minimum Gasteiger partial charge on any atom is -0.471 e. The van der Waals surface area contributed by atoms with Gasteiger partial charge in [-0.25, -0.2) is 4.68 Å². The first kappa shape index (κ1) is 22.8. The van der Waals surface area contributed by atoms with Crippen LogP contribution in [0.4, 0.5) is 11.4 Å². The van der Waals surface area contributed by atoms with Gasteiger partial charge >= 0.3 is 0 Å². The van der Waals surface area contributed by atoms with Gasteiger partial charge in [0.05, 0.1) is 16.7 Å². The van der Waals surface area contributed by atoms with Gasteiger partial charge in [-0.3, -0.25) is 14.9 Å². The molecular formula is C24H19ClN4O5. The molecule has 9 nitrogen and oxygen atoms in total. The van der Waals surface area contributed by atoms with Crippen molar-refractivity contribution in [3.05, 3.63) is 105 Å². The van der Waals surface area contributed by atoms with Crippen LogP contribution in [0.15, 0.2) is 79.0 Å². The monoisotopic (exact) mass is 478 g/mol. The highest BCUT2D eigenvalue weighted by Gasteiger charge is 2.16. The summed E-state index contributed by atoms with van der Waals surface area (Å²) < 4.78 is 12.9. The van der Waals surface area contributed by atoms with E-state index in [9.17, 15) is 14.9 Å². The van der Waals surface area contributed by atoms with Crippen LogP contribution in [0.2, 0.25) is 5.02 Å². The first-order valence-corrected chi connectivity index (χ1v) is 10.5. The SMILES string of the molecule is Cc1ccccc1OCn1ccc(C(=O)Nc2cc(Oc3ccc(Cl)cc3)cc([N+](=O)[O-])c2)n1. The van der Waals surface area contributed by atoms with Crippen molar-refractivity contribution in [3.8, 4) is 17.2 Å². The van der Waals surface area contributed by atoms with Gasteiger partial charge in [0.25, 0.3) is 11.6 Å². The van der Waals surface area contributed by atoms with Crippen LogP contribution < -0.4 is 14.8 Å². The van der Waals surface area contributed by atoms with Crippen LogP contribution in [0.3, 0.4) is 0 Å². The number of nitro groups is 1. The van der Waals surface area contributed by atoms with Gasteiger partial charge in [-0.15, -0.1) is 0 Å². The van der Waals surface area contributed by atoms with Crippen LogP contribution in [-0.4, -0.2) is 20.6 Å². The summed E-state index contributed by atoms with van der Waals surface area (Å²) in [6, 6.07) is 19.6. The van der Waals surface area contributed by atoms with Gasteiger partial charge in [-0.2, -0.15) is 5.10 Å². The normalized spacial score (nSPS) is 10.5. The number of hydrogen-bond acceptors (Lipinski definition) is 6. The first-order chi connectivity index (χ1) is 16.4. The van der Waals surface area contributed by atoms with E-state index in [0.717, 1.165) is 5.56 Å². The van der Waals surface area contributed by atoms with Crippen molar-refractivity contribution < 1.29 is 19.2 Å². The van der Waals surface area contributed by atoms with E-state index in [4.69, 9.17) is 21.1 Å². The summed E-state index contributed by atoms with van der Waals surface area (Å²) in [6.07, 6.45) is 1.61. The highest BCUT2D eigenvalue weighted by atomic mass is 35.5. The maximum absolute atomic E-state index is 12.7. The average molecular weight is 479 g/mol.